The van der Waals surface area contributed by atoms with Gasteiger partial charge in [-0.3, -0.25) is 5.01 Å². The van der Waals surface area contributed by atoms with Crippen LogP contribution < -0.4 is 10.3 Å². The van der Waals surface area contributed by atoms with E-state index in [1.165, 1.54) is 34.2 Å². The van der Waals surface area contributed by atoms with Crippen molar-refractivity contribution in [2.75, 3.05) is 10.3 Å². The molecule has 7 heteroatoms. The number of nitrogens with zero attached hydrogens (tertiary/aromatic N) is 4. The molecular weight excluding hydrogens is 566 g/mol. The average Bonchev–Trinajstić information content (AvgIpc) is 3.56. The van der Waals surface area contributed by atoms with Crippen LogP contribution in [0.25, 0.3) is 10.2 Å². The Morgan fingerprint density at radius 1 is 0.897 bits per heavy atom. The van der Waals surface area contributed by atoms with Crippen molar-refractivity contribution in [2.45, 2.75) is 45.1 Å². The minimum Gasteiger partial charge on any atom is -0.340 e. The molecule has 0 radical (unpaired) electrons. The first-order valence-electron chi connectivity index (χ1n) is 13.5. The van der Waals surface area contributed by atoms with Gasteiger partial charge >= 0.3 is 0 Å². The maximum absolute atomic E-state index is 5.11. The van der Waals surface area contributed by atoms with Crippen molar-refractivity contribution in [3.63, 3.8) is 0 Å². The van der Waals surface area contributed by atoms with Crippen LogP contribution in [0.15, 0.2) is 88.4 Å². The number of nitrogens with one attached hydrogen (secondary N) is 1. The van der Waals surface area contributed by atoms with Crippen LogP contribution in [-0.2, 0) is 12.8 Å². The molecule has 7 rings (SSSR count). The van der Waals surface area contributed by atoms with Crippen LogP contribution in [0.1, 0.15) is 52.7 Å². The summed E-state index contributed by atoms with van der Waals surface area (Å²) in [7, 11) is 0. The van der Waals surface area contributed by atoms with Gasteiger partial charge in [0.15, 0.2) is 0 Å². The Bertz CT molecular complexity index is 1680. The summed E-state index contributed by atoms with van der Waals surface area (Å²) in [6, 6.07) is 27.8. The summed E-state index contributed by atoms with van der Waals surface area (Å²) in [6.07, 6.45) is 5.63. The zero-order valence-corrected chi connectivity index (χ0v) is 24.1. The summed E-state index contributed by atoms with van der Waals surface area (Å²) in [5.41, 5.74) is 7.04. The summed E-state index contributed by atoms with van der Waals surface area (Å²) in [5.74, 6) is 1.73. The molecule has 2 aromatic heterocycles. The lowest BCUT2D eigenvalue weighted by Gasteiger charge is -2.24. The Hall–Kier alpha value is -3.55. The van der Waals surface area contributed by atoms with E-state index in [2.05, 4.69) is 99.1 Å². The Kier molecular flexibility index (Phi) is 6.41. The SMILES string of the molecule is Cc1nc(Nc2ccc(C3=NN(c4ccccc4)C(c4ccc(Br)cc4)C3)cc2)c2c3c(sc2n1)CCCC3. The number of hydrogen-bond donors (Lipinski definition) is 1. The van der Waals surface area contributed by atoms with Gasteiger partial charge in [-0.25, -0.2) is 9.97 Å². The average molecular weight is 595 g/mol. The number of rotatable bonds is 5. The number of benzene rings is 3. The zero-order chi connectivity index (χ0) is 26.3. The van der Waals surface area contributed by atoms with Crippen LogP contribution >= 0.6 is 27.3 Å². The second kappa shape index (κ2) is 10.2. The quantitative estimate of drug-likeness (QED) is 0.221. The molecule has 3 aromatic carbocycles. The van der Waals surface area contributed by atoms with E-state index >= 15 is 0 Å². The molecule has 0 spiro atoms. The second-order valence-corrected chi connectivity index (χ2v) is 12.2. The third-order valence-electron chi connectivity index (χ3n) is 7.59. The molecule has 2 aliphatic rings. The van der Waals surface area contributed by atoms with E-state index in [0.717, 1.165) is 62.9 Å². The lowest BCUT2D eigenvalue weighted by atomic mass is 9.97. The highest BCUT2D eigenvalue weighted by Crippen LogP contribution is 2.40. The van der Waals surface area contributed by atoms with Gasteiger partial charge in [0.25, 0.3) is 0 Å². The molecule has 0 amide bonds. The number of hydrazone groups is 1. The molecule has 5 nitrogen and oxygen atoms in total. The van der Waals surface area contributed by atoms with Crippen LogP contribution in [0.2, 0.25) is 0 Å². The second-order valence-electron chi connectivity index (χ2n) is 10.2. The lowest BCUT2D eigenvalue weighted by Crippen LogP contribution is -2.18. The summed E-state index contributed by atoms with van der Waals surface area (Å²) < 4.78 is 1.08. The summed E-state index contributed by atoms with van der Waals surface area (Å²) in [5, 5.41) is 12.1. The standard InChI is InChI=1S/C32H28BrN5S/c1-20-34-31(30-26-9-5-6-10-29(26)39-32(30)35-20)36-24-17-13-21(14-18-24)27-19-28(22-11-15-23(33)16-12-22)38(37-27)25-7-3-2-4-8-25/h2-4,7-8,11-18,28H,5-6,9-10,19H2,1H3,(H,34,35,36). The van der Waals surface area contributed by atoms with Crippen LogP contribution in [0.5, 0.6) is 0 Å². The Balaban J connectivity index is 1.18. The first-order chi connectivity index (χ1) is 19.1. The van der Waals surface area contributed by atoms with Crippen LogP contribution in [0, 0.1) is 6.92 Å². The molecule has 0 saturated carbocycles. The van der Waals surface area contributed by atoms with Crippen molar-refractivity contribution in [3.8, 4) is 0 Å². The van der Waals surface area contributed by atoms with E-state index in [4.69, 9.17) is 15.1 Å². The predicted molar refractivity (Wildman–Crippen MR) is 165 cm³/mol. The summed E-state index contributed by atoms with van der Waals surface area (Å²) >= 11 is 5.41. The van der Waals surface area contributed by atoms with Crippen LogP contribution in [0.3, 0.4) is 0 Å². The maximum atomic E-state index is 5.11. The zero-order valence-electron chi connectivity index (χ0n) is 21.7. The molecule has 3 heterocycles. The van der Waals surface area contributed by atoms with Crippen molar-refractivity contribution < 1.29 is 0 Å². The van der Waals surface area contributed by atoms with Gasteiger partial charge in [-0.05, 0) is 85.7 Å². The molecule has 1 atom stereocenters. The number of thiophene rings is 1. The largest absolute Gasteiger partial charge is 0.340 e. The van der Waals surface area contributed by atoms with E-state index in [0.29, 0.717) is 0 Å². The van der Waals surface area contributed by atoms with Gasteiger partial charge < -0.3 is 5.32 Å². The molecule has 1 aliphatic heterocycles. The first-order valence-corrected chi connectivity index (χ1v) is 15.1. The molecular formula is C32H28BrN5S. The van der Waals surface area contributed by atoms with Crippen LogP contribution in [0.4, 0.5) is 17.2 Å². The summed E-state index contributed by atoms with van der Waals surface area (Å²) in [6.45, 7) is 1.98. The number of para-hydroxylation sites is 1. The highest BCUT2D eigenvalue weighted by atomic mass is 79.9. The van der Waals surface area contributed by atoms with Gasteiger partial charge in [0.2, 0.25) is 0 Å². The molecule has 39 heavy (non-hydrogen) atoms. The Morgan fingerprint density at radius 3 is 2.46 bits per heavy atom. The third-order valence-corrected chi connectivity index (χ3v) is 9.31. The number of aromatic nitrogens is 2. The van der Waals surface area contributed by atoms with Gasteiger partial charge in [0.05, 0.1) is 22.8 Å². The molecule has 1 unspecified atom stereocenters. The van der Waals surface area contributed by atoms with Crippen molar-refractivity contribution in [2.24, 2.45) is 5.10 Å². The van der Waals surface area contributed by atoms with E-state index in [-0.39, 0.29) is 6.04 Å². The van der Waals surface area contributed by atoms with Gasteiger partial charge in [-0.15, -0.1) is 11.3 Å². The van der Waals surface area contributed by atoms with E-state index in [9.17, 15) is 0 Å². The number of hydrogen-bond acceptors (Lipinski definition) is 6. The fraction of sp³-hybridized carbons (Fsp3) is 0.219. The van der Waals surface area contributed by atoms with Gasteiger partial charge in [-0.2, -0.15) is 5.10 Å². The molecule has 5 aromatic rings. The number of fused-ring (bicyclic) bond motifs is 3. The van der Waals surface area contributed by atoms with E-state index < -0.39 is 0 Å². The molecule has 0 fully saturated rings. The van der Waals surface area contributed by atoms with Crippen LogP contribution in [-0.4, -0.2) is 15.7 Å². The topological polar surface area (TPSA) is 53.4 Å². The lowest BCUT2D eigenvalue weighted by molar-refractivity contribution is 0.700. The minimum absolute atomic E-state index is 0.148. The highest BCUT2D eigenvalue weighted by molar-refractivity contribution is 9.10. The van der Waals surface area contributed by atoms with Crippen molar-refractivity contribution in [3.05, 3.63) is 111 Å². The first kappa shape index (κ1) is 24.5. The maximum Gasteiger partial charge on any atom is 0.143 e. The number of anilines is 3. The van der Waals surface area contributed by atoms with Gasteiger partial charge in [0, 0.05) is 21.5 Å². The van der Waals surface area contributed by atoms with E-state index in [1.54, 1.807) is 0 Å². The van der Waals surface area contributed by atoms with Gasteiger partial charge in [0.1, 0.15) is 16.5 Å². The number of aryl methyl sites for hydroxylation is 3. The van der Waals surface area contributed by atoms with E-state index in [1.807, 2.05) is 24.3 Å². The minimum atomic E-state index is 0.148. The third kappa shape index (κ3) is 4.74. The molecule has 1 N–H and O–H groups in total. The molecule has 194 valence electrons. The van der Waals surface area contributed by atoms with Crippen molar-refractivity contribution in [1.82, 2.24) is 9.97 Å². The summed E-state index contributed by atoms with van der Waals surface area (Å²) in [4.78, 5) is 12.2. The fourth-order valence-corrected chi connectivity index (χ4v) is 7.26. The normalized spacial score (nSPS) is 16.8. The Morgan fingerprint density at radius 2 is 1.67 bits per heavy atom. The number of halogens is 1. The Labute approximate surface area is 240 Å². The van der Waals surface area contributed by atoms with Crippen molar-refractivity contribution in [1.29, 1.82) is 0 Å². The predicted octanol–water partition coefficient (Wildman–Crippen LogP) is 8.74. The highest BCUT2D eigenvalue weighted by Gasteiger charge is 2.30. The smallest absolute Gasteiger partial charge is 0.143 e. The monoisotopic (exact) mass is 593 g/mol. The molecule has 1 aliphatic carbocycles. The van der Waals surface area contributed by atoms with Crippen molar-refractivity contribution >= 4 is 60.4 Å². The molecule has 0 bridgehead atoms. The fourth-order valence-electron chi connectivity index (χ4n) is 5.69. The molecule has 0 saturated heterocycles. The van der Waals surface area contributed by atoms with Gasteiger partial charge in [-0.1, -0.05) is 58.4 Å².